The summed E-state index contributed by atoms with van der Waals surface area (Å²) in [4.78, 5) is 8.96. The molecule has 1 aliphatic rings. The smallest absolute Gasteiger partial charge is 0.151 e. The van der Waals surface area contributed by atoms with E-state index >= 15 is 0 Å². The van der Waals surface area contributed by atoms with Gasteiger partial charge in [0.25, 0.3) is 0 Å². The maximum absolute atomic E-state index is 4.91. The van der Waals surface area contributed by atoms with Crippen molar-refractivity contribution in [1.82, 2.24) is 29.5 Å². The van der Waals surface area contributed by atoms with E-state index in [4.69, 9.17) is 10.1 Å². The summed E-state index contributed by atoms with van der Waals surface area (Å²) in [5.74, 6) is 3.30. The Kier molecular flexibility index (Phi) is 5.06. The monoisotopic (exact) mass is 368 g/mol. The lowest BCUT2D eigenvalue weighted by molar-refractivity contribution is 0.420. The highest BCUT2D eigenvalue weighted by Gasteiger charge is 2.28. The molecule has 7 heteroatoms. The number of fused-ring (bicyclic) bond motifs is 1. The fraction of sp³-hybridized carbons (Fsp3) is 0.474. The van der Waals surface area contributed by atoms with Crippen molar-refractivity contribution in [1.29, 1.82) is 0 Å². The molecule has 0 saturated carbocycles. The summed E-state index contributed by atoms with van der Waals surface area (Å²) >= 11 is 1.83. The summed E-state index contributed by atoms with van der Waals surface area (Å²) in [7, 11) is 0. The number of benzene rings is 1. The standard InChI is InChI=1S/C19H24N6S/c1-14(11-24-13-20-12-21-24)19-22-18(7-8-26-2)23-25(19)17-9-15-5-3-4-6-16(15)10-17/h3-6,12-14,17H,7-11H2,1-2H3/t14-/m1/s1. The highest BCUT2D eigenvalue weighted by atomic mass is 32.2. The fourth-order valence-corrected chi connectivity index (χ4v) is 4.07. The van der Waals surface area contributed by atoms with Gasteiger partial charge in [-0.1, -0.05) is 31.2 Å². The first-order valence-corrected chi connectivity index (χ1v) is 10.5. The SMILES string of the molecule is CSCCc1nc([C@H](C)Cn2cncn2)n(C2Cc3ccccc3C2)n1. The third kappa shape index (κ3) is 3.53. The Bertz CT molecular complexity index is 832. The molecule has 1 atom stereocenters. The van der Waals surface area contributed by atoms with E-state index < -0.39 is 0 Å². The summed E-state index contributed by atoms with van der Waals surface area (Å²) < 4.78 is 4.06. The molecule has 0 aliphatic heterocycles. The van der Waals surface area contributed by atoms with Crippen LogP contribution in [0.4, 0.5) is 0 Å². The summed E-state index contributed by atoms with van der Waals surface area (Å²) in [5.41, 5.74) is 2.88. The number of nitrogens with zero attached hydrogens (tertiary/aromatic N) is 6. The molecule has 4 rings (SSSR count). The number of aromatic nitrogens is 6. The van der Waals surface area contributed by atoms with E-state index in [0.29, 0.717) is 6.04 Å². The van der Waals surface area contributed by atoms with Crippen LogP contribution in [-0.2, 0) is 25.8 Å². The van der Waals surface area contributed by atoms with E-state index in [9.17, 15) is 0 Å². The molecule has 26 heavy (non-hydrogen) atoms. The second-order valence-corrected chi connectivity index (χ2v) is 7.91. The molecular formula is C19H24N6S. The molecule has 0 radical (unpaired) electrons. The molecule has 3 aromatic rings. The molecule has 0 bridgehead atoms. The van der Waals surface area contributed by atoms with Crippen molar-refractivity contribution in [2.45, 2.75) is 44.7 Å². The largest absolute Gasteiger partial charge is 0.252 e. The third-order valence-corrected chi connectivity index (χ3v) is 5.59. The van der Waals surface area contributed by atoms with E-state index in [-0.39, 0.29) is 5.92 Å². The molecular weight excluding hydrogens is 344 g/mol. The van der Waals surface area contributed by atoms with Crippen molar-refractivity contribution in [3.8, 4) is 0 Å². The van der Waals surface area contributed by atoms with Gasteiger partial charge in [-0.2, -0.15) is 22.0 Å². The van der Waals surface area contributed by atoms with Crippen LogP contribution < -0.4 is 0 Å². The summed E-state index contributed by atoms with van der Waals surface area (Å²) in [5, 5.41) is 9.15. The molecule has 2 heterocycles. The van der Waals surface area contributed by atoms with Crippen LogP contribution in [0.5, 0.6) is 0 Å². The van der Waals surface area contributed by atoms with Crippen molar-refractivity contribution in [2.24, 2.45) is 0 Å². The maximum atomic E-state index is 4.91. The Morgan fingerprint density at radius 3 is 2.65 bits per heavy atom. The molecule has 2 aromatic heterocycles. The summed E-state index contributed by atoms with van der Waals surface area (Å²) in [6.07, 6.45) is 8.44. The topological polar surface area (TPSA) is 61.4 Å². The van der Waals surface area contributed by atoms with Crippen molar-refractivity contribution in [3.63, 3.8) is 0 Å². The second kappa shape index (κ2) is 7.61. The summed E-state index contributed by atoms with van der Waals surface area (Å²) in [6.45, 7) is 2.96. The van der Waals surface area contributed by atoms with Crippen LogP contribution in [0.1, 0.15) is 41.7 Å². The zero-order valence-electron chi connectivity index (χ0n) is 15.2. The van der Waals surface area contributed by atoms with Crippen molar-refractivity contribution < 1.29 is 0 Å². The fourth-order valence-electron chi connectivity index (χ4n) is 3.68. The van der Waals surface area contributed by atoms with Crippen molar-refractivity contribution >= 4 is 11.8 Å². The van der Waals surface area contributed by atoms with Crippen LogP contribution in [-0.4, -0.2) is 41.5 Å². The van der Waals surface area contributed by atoms with E-state index in [2.05, 4.69) is 52.2 Å². The minimum atomic E-state index is 0.232. The van der Waals surface area contributed by atoms with Gasteiger partial charge < -0.3 is 0 Å². The number of hydrogen-bond donors (Lipinski definition) is 0. The quantitative estimate of drug-likeness (QED) is 0.642. The Morgan fingerprint density at radius 2 is 2.00 bits per heavy atom. The van der Waals surface area contributed by atoms with Gasteiger partial charge >= 0.3 is 0 Å². The Hall–Kier alpha value is -2.15. The number of thioether (sulfide) groups is 1. The molecule has 0 unspecified atom stereocenters. The van der Waals surface area contributed by atoms with Gasteiger partial charge in [0.05, 0.1) is 12.6 Å². The molecule has 0 N–H and O–H groups in total. The van der Waals surface area contributed by atoms with Crippen molar-refractivity contribution in [3.05, 3.63) is 59.7 Å². The maximum Gasteiger partial charge on any atom is 0.151 e. The van der Waals surface area contributed by atoms with Crippen LogP contribution >= 0.6 is 11.8 Å². The Labute approximate surface area is 158 Å². The van der Waals surface area contributed by atoms with Gasteiger partial charge in [-0.15, -0.1) is 0 Å². The highest BCUT2D eigenvalue weighted by molar-refractivity contribution is 7.98. The zero-order chi connectivity index (χ0) is 17.9. The average molecular weight is 369 g/mol. The second-order valence-electron chi connectivity index (χ2n) is 6.92. The number of hydrogen-bond acceptors (Lipinski definition) is 5. The molecule has 0 spiro atoms. The molecule has 0 amide bonds. The summed E-state index contributed by atoms with van der Waals surface area (Å²) in [6, 6.07) is 9.08. The number of aryl methyl sites for hydroxylation is 1. The lowest BCUT2D eigenvalue weighted by atomic mass is 10.1. The Balaban J connectivity index is 1.61. The van der Waals surface area contributed by atoms with Gasteiger partial charge in [-0.3, -0.25) is 4.68 Å². The van der Waals surface area contributed by atoms with Crippen LogP contribution in [0.25, 0.3) is 0 Å². The number of rotatable bonds is 7. The third-order valence-electron chi connectivity index (χ3n) is 4.97. The van der Waals surface area contributed by atoms with Crippen LogP contribution in [0, 0.1) is 0 Å². The molecule has 0 fully saturated rings. The molecule has 1 aromatic carbocycles. The van der Waals surface area contributed by atoms with E-state index in [1.807, 2.05) is 16.4 Å². The van der Waals surface area contributed by atoms with Gasteiger partial charge in [0.2, 0.25) is 0 Å². The van der Waals surface area contributed by atoms with Crippen LogP contribution in [0.3, 0.4) is 0 Å². The average Bonchev–Trinajstić information content (AvgIpc) is 3.38. The lowest BCUT2D eigenvalue weighted by Gasteiger charge is -2.17. The van der Waals surface area contributed by atoms with Gasteiger partial charge in [0, 0.05) is 18.1 Å². The minimum Gasteiger partial charge on any atom is -0.252 e. The van der Waals surface area contributed by atoms with E-state index in [0.717, 1.165) is 43.2 Å². The predicted molar refractivity (Wildman–Crippen MR) is 103 cm³/mol. The predicted octanol–water partition coefficient (Wildman–Crippen LogP) is 2.92. The highest BCUT2D eigenvalue weighted by Crippen LogP contribution is 2.32. The lowest BCUT2D eigenvalue weighted by Crippen LogP contribution is -2.18. The van der Waals surface area contributed by atoms with E-state index in [1.54, 1.807) is 12.7 Å². The first-order valence-electron chi connectivity index (χ1n) is 9.08. The van der Waals surface area contributed by atoms with Gasteiger partial charge in [-0.05, 0) is 30.2 Å². The van der Waals surface area contributed by atoms with Gasteiger partial charge in [-0.25, -0.2) is 14.6 Å². The minimum absolute atomic E-state index is 0.232. The molecule has 136 valence electrons. The van der Waals surface area contributed by atoms with Gasteiger partial charge in [0.15, 0.2) is 5.82 Å². The van der Waals surface area contributed by atoms with Crippen LogP contribution in [0.15, 0.2) is 36.9 Å². The van der Waals surface area contributed by atoms with E-state index in [1.165, 1.54) is 11.1 Å². The normalized spacial score (nSPS) is 15.3. The first-order chi connectivity index (χ1) is 12.7. The molecule has 1 aliphatic carbocycles. The van der Waals surface area contributed by atoms with Crippen LogP contribution in [0.2, 0.25) is 0 Å². The molecule has 6 nitrogen and oxygen atoms in total. The molecule has 0 saturated heterocycles. The van der Waals surface area contributed by atoms with Gasteiger partial charge in [0.1, 0.15) is 18.5 Å². The zero-order valence-corrected chi connectivity index (χ0v) is 16.1. The Morgan fingerprint density at radius 1 is 1.23 bits per heavy atom. The van der Waals surface area contributed by atoms with Crippen molar-refractivity contribution in [2.75, 3.05) is 12.0 Å². The first kappa shape index (κ1) is 17.3.